The molecule has 0 radical (unpaired) electrons. The average Bonchev–Trinajstić information content (AvgIpc) is 2.46. The molecule has 0 aromatic carbocycles. The number of fused-ring (bicyclic) bond motifs is 1. The molecule has 0 fully saturated rings. The van der Waals surface area contributed by atoms with Gasteiger partial charge in [0.2, 0.25) is 0 Å². The summed E-state index contributed by atoms with van der Waals surface area (Å²) in [5.74, 6) is 0.484. The van der Waals surface area contributed by atoms with Crippen LogP contribution in [0.2, 0.25) is 0 Å². The Hall–Kier alpha value is -1.58. The first-order valence-corrected chi connectivity index (χ1v) is 4.64. The smallest absolute Gasteiger partial charge is 0.250 e. The van der Waals surface area contributed by atoms with Gasteiger partial charge in [-0.15, -0.1) is 0 Å². The molecule has 0 spiro atoms. The van der Waals surface area contributed by atoms with Crippen LogP contribution >= 0.6 is 0 Å². The van der Waals surface area contributed by atoms with Crippen molar-refractivity contribution in [3.63, 3.8) is 0 Å². The first-order chi connectivity index (χ1) is 6.59. The molecule has 0 saturated carbocycles. The van der Waals surface area contributed by atoms with Gasteiger partial charge in [0.05, 0.1) is 5.56 Å². The summed E-state index contributed by atoms with van der Waals surface area (Å²) in [7, 11) is 0. The van der Waals surface area contributed by atoms with E-state index in [1.165, 1.54) is 0 Å². The molecule has 4 nitrogen and oxygen atoms in total. The lowest BCUT2D eigenvalue weighted by Gasteiger charge is -2.05. The number of amides is 1. The van der Waals surface area contributed by atoms with E-state index in [2.05, 4.69) is 17.2 Å². The summed E-state index contributed by atoms with van der Waals surface area (Å²) in [6, 6.07) is 0.388. The van der Waals surface area contributed by atoms with Crippen LogP contribution in [0.4, 0.5) is 5.82 Å². The zero-order chi connectivity index (χ0) is 10.3. The van der Waals surface area contributed by atoms with Gasteiger partial charge in [-0.3, -0.25) is 4.79 Å². The minimum absolute atomic E-state index is 0.388. The van der Waals surface area contributed by atoms with E-state index in [0.717, 1.165) is 23.4 Å². The molecule has 3 N–H and O–H groups in total. The number of nitrogens with one attached hydrogen (secondary N) is 1. The lowest BCUT2D eigenvalue weighted by molar-refractivity contribution is 0.0999. The SMILES string of the molecule is Cc1c(C(N)=O)cnc2c1CC(C)N2. The van der Waals surface area contributed by atoms with Crippen molar-refractivity contribution in [1.82, 2.24) is 4.98 Å². The Labute approximate surface area is 82.5 Å². The fourth-order valence-corrected chi connectivity index (χ4v) is 1.86. The highest BCUT2D eigenvalue weighted by atomic mass is 16.1. The summed E-state index contributed by atoms with van der Waals surface area (Å²) in [5.41, 5.74) is 7.85. The number of nitrogens with two attached hydrogens (primary N) is 1. The molecule has 1 amide bonds. The summed E-state index contributed by atoms with van der Waals surface area (Å²) in [5, 5.41) is 3.24. The molecule has 0 bridgehead atoms. The van der Waals surface area contributed by atoms with Crippen molar-refractivity contribution in [2.24, 2.45) is 5.73 Å². The van der Waals surface area contributed by atoms with Crippen molar-refractivity contribution in [2.75, 3.05) is 5.32 Å². The molecular formula is C10H13N3O. The zero-order valence-corrected chi connectivity index (χ0v) is 8.29. The molecule has 1 aromatic rings. The summed E-state index contributed by atoms with van der Waals surface area (Å²) < 4.78 is 0. The largest absolute Gasteiger partial charge is 0.367 e. The van der Waals surface area contributed by atoms with Crippen LogP contribution in [-0.2, 0) is 6.42 Å². The molecule has 1 aromatic heterocycles. The fourth-order valence-electron chi connectivity index (χ4n) is 1.86. The predicted molar refractivity (Wildman–Crippen MR) is 54.3 cm³/mol. The second kappa shape index (κ2) is 2.97. The first-order valence-electron chi connectivity index (χ1n) is 4.64. The Bertz CT molecular complexity index is 401. The fraction of sp³-hybridized carbons (Fsp3) is 0.400. The van der Waals surface area contributed by atoms with Gasteiger partial charge in [-0.05, 0) is 25.8 Å². The Morgan fingerprint density at radius 1 is 1.71 bits per heavy atom. The highest BCUT2D eigenvalue weighted by molar-refractivity contribution is 5.94. The highest BCUT2D eigenvalue weighted by Gasteiger charge is 2.22. The number of rotatable bonds is 1. The minimum atomic E-state index is -0.405. The van der Waals surface area contributed by atoms with Crippen molar-refractivity contribution in [3.8, 4) is 0 Å². The van der Waals surface area contributed by atoms with Crippen molar-refractivity contribution in [3.05, 3.63) is 22.9 Å². The second-order valence-electron chi connectivity index (χ2n) is 3.74. The Balaban J connectivity index is 2.53. The predicted octanol–water partition coefficient (Wildman–Crippen LogP) is 0.845. The van der Waals surface area contributed by atoms with E-state index >= 15 is 0 Å². The number of primary amides is 1. The van der Waals surface area contributed by atoms with E-state index in [9.17, 15) is 4.79 Å². The maximum absolute atomic E-state index is 11.1. The number of carbonyl (C=O) groups excluding carboxylic acids is 1. The van der Waals surface area contributed by atoms with Crippen molar-refractivity contribution in [1.29, 1.82) is 0 Å². The van der Waals surface area contributed by atoms with Crippen molar-refractivity contribution < 1.29 is 4.79 Å². The van der Waals surface area contributed by atoms with Crippen molar-refractivity contribution >= 4 is 11.7 Å². The van der Waals surface area contributed by atoms with Gasteiger partial charge in [0.15, 0.2) is 0 Å². The average molecular weight is 191 g/mol. The lowest BCUT2D eigenvalue weighted by atomic mass is 10.0. The van der Waals surface area contributed by atoms with E-state index < -0.39 is 5.91 Å². The van der Waals surface area contributed by atoms with E-state index in [1.54, 1.807) is 6.20 Å². The molecule has 2 rings (SSSR count). The van der Waals surface area contributed by atoms with Crippen LogP contribution in [0, 0.1) is 6.92 Å². The molecule has 4 heteroatoms. The van der Waals surface area contributed by atoms with Gasteiger partial charge >= 0.3 is 0 Å². The van der Waals surface area contributed by atoms with Gasteiger partial charge in [0.25, 0.3) is 5.91 Å². The van der Waals surface area contributed by atoms with Gasteiger partial charge in [0.1, 0.15) is 5.82 Å². The van der Waals surface area contributed by atoms with Crippen LogP contribution in [0.25, 0.3) is 0 Å². The molecule has 1 aliphatic heterocycles. The number of hydrogen-bond donors (Lipinski definition) is 2. The Morgan fingerprint density at radius 2 is 2.43 bits per heavy atom. The number of nitrogens with zero attached hydrogens (tertiary/aromatic N) is 1. The van der Waals surface area contributed by atoms with Gasteiger partial charge < -0.3 is 11.1 Å². The minimum Gasteiger partial charge on any atom is -0.367 e. The molecule has 1 atom stereocenters. The van der Waals surface area contributed by atoms with E-state index in [0.29, 0.717) is 11.6 Å². The highest BCUT2D eigenvalue weighted by Crippen LogP contribution is 2.27. The summed E-state index contributed by atoms with van der Waals surface area (Å²) in [6.45, 7) is 4.01. The number of aromatic nitrogens is 1. The van der Waals surface area contributed by atoms with E-state index in [-0.39, 0.29) is 0 Å². The molecule has 1 aliphatic rings. The third kappa shape index (κ3) is 1.23. The normalized spacial score (nSPS) is 18.9. The number of pyridine rings is 1. The van der Waals surface area contributed by atoms with Gasteiger partial charge in [-0.1, -0.05) is 0 Å². The molecule has 0 aliphatic carbocycles. The number of hydrogen-bond acceptors (Lipinski definition) is 3. The molecule has 14 heavy (non-hydrogen) atoms. The van der Waals surface area contributed by atoms with Crippen LogP contribution < -0.4 is 11.1 Å². The second-order valence-corrected chi connectivity index (χ2v) is 3.74. The maximum Gasteiger partial charge on any atom is 0.250 e. The summed E-state index contributed by atoms with van der Waals surface area (Å²) >= 11 is 0. The Kier molecular flexibility index (Phi) is 1.91. The summed E-state index contributed by atoms with van der Waals surface area (Å²) in [6.07, 6.45) is 2.46. The quantitative estimate of drug-likeness (QED) is 0.691. The van der Waals surface area contributed by atoms with Crippen LogP contribution in [0.1, 0.15) is 28.4 Å². The Morgan fingerprint density at radius 3 is 3.07 bits per heavy atom. The number of anilines is 1. The molecular weight excluding hydrogens is 178 g/mol. The molecule has 74 valence electrons. The first kappa shape index (κ1) is 8.99. The van der Waals surface area contributed by atoms with Crippen LogP contribution in [0.5, 0.6) is 0 Å². The van der Waals surface area contributed by atoms with Gasteiger partial charge in [0, 0.05) is 17.8 Å². The number of carbonyl (C=O) groups is 1. The molecule has 1 unspecified atom stereocenters. The third-order valence-electron chi connectivity index (χ3n) is 2.62. The topological polar surface area (TPSA) is 68.0 Å². The maximum atomic E-state index is 11.1. The molecule has 0 saturated heterocycles. The molecule has 2 heterocycles. The van der Waals surface area contributed by atoms with Crippen LogP contribution in [0.3, 0.4) is 0 Å². The van der Waals surface area contributed by atoms with Crippen molar-refractivity contribution in [2.45, 2.75) is 26.3 Å². The van der Waals surface area contributed by atoms with Gasteiger partial charge in [-0.25, -0.2) is 4.98 Å². The van der Waals surface area contributed by atoms with Gasteiger partial charge in [-0.2, -0.15) is 0 Å². The van der Waals surface area contributed by atoms with E-state index in [4.69, 9.17) is 5.73 Å². The van der Waals surface area contributed by atoms with E-state index in [1.807, 2.05) is 6.92 Å². The monoisotopic (exact) mass is 191 g/mol. The standard InChI is InChI=1S/C10H13N3O/c1-5-3-7-6(2)8(9(11)14)4-12-10(7)13-5/h4-5H,3H2,1-2H3,(H2,11,14)(H,12,13). The zero-order valence-electron chi connectivity index (χ0n) is 8.29. The summed E-state index contributed by atoms with van der Waals surface area (Å²) in [4.78, 5) is 15.2. The lowest BCUT2D eigenvalue weighted by Crippen LogP contribution is -2.14. The van der Waals surface area contributed by atoms with Crippen LogP contribution in [0.15, 0.2) is 6.20 Å². The third-order valence-corrected chi connectivity index (χ3v) is 2.62. The van der Waals surface area contributed by atoms with Crippen LogP contribution in [-0.4, -0.2) is 16.9 Å².